The van der Waals surface area contributed by atoms with E-state index in [0.717, 1.165) is 79.9 Å². The minimum absolute atomic E-state index is 0.270. The first-order chi connectivity index (χ1) is 17.5. The molecular formula is C28H29FN4O3. The molecule has 36 heavy (non-hydrogen) atoms. The summed E-state index contributed by atoms with van der Waals surface area (Å²) in [5, 5.41) is 14.5. The molecule has 6 rings (SSSR count). The van der Waals surface area contributed by atoms with Crippen LogP contribution in [0.2, 0.25) is 0 Å². The number of aromatic carboxylic acids is 1. The maximum absolute atomic E-state index is 14.5. The largest absolute Gasteiger partial charge is 0.478 e. The number of rotatable bonds is 7. The molecule has 4 aromatic rings. The van der Waals surface area contributed by atoms with Gasteiger partial charge >= 0.3 is 5.97 Å². The fourth-order valence-electron chi connectivity index (χ4n) is 5.33. The molecule has 0 radical (unpaired) electrons. The number of piperazine rings is 1. The Kier molecular flexibility index (Phi) is 5.76. The molecule has 1 saturated heterocycles. The zero-order valence-corrected chi connectivity index (χ0v) is 20.3. The van der Waals surface area contributed by atoms with Gasteiger partial charge in [0.2, 0.25) is 0 Å². The average Bonchev–Trinajstić information content (AvgIpc) is 3.56. The zero-order valence-electron chi connectivity index (χ0n) is 20.3. The molecule has 0 atom stereocenters. The quantitative estimate of drug-likeness (QED) is 0.398. The Balaban J connectivity index is 1.14. The molecule has 1 N–H and O–H groups in total. The molecule has 1 aliphatic carbocycles. The van der Waals surface area contributed by atoms with Crippen LogP contribution in [-0.2, 0) is 13.5 Å². The van der Waals surface area contributed by atoms with Crippen LogP contribution in [0.4, 0.5) is 10.1 Å². The second-order valence-corrected chi connectivity index (χ2v) is 9.87. The van der Waals surface area contributed by atoms with Crippen LogP contribution in [-0.4, -0.2) is 58.4 Å². The van der Waals surface area contributed by atoms with Crippen molar-refractivity contribution >= 4 is 22.6 Å². The van der Waals surface area contributed by atoms with E-state index < -0.39 is 5.97 Å². The maximum atomic E-state index is 14.5. The van der Waals surface area contributed by atoms with Crippen molar-refractivity contribution in [3.8, 4) is 11.3 Å². The van der Waals surface area contributed by atoms with Gasteiger partial charge in [0.15, 0.2) is 0 Å². The Hall–Kier alpha value is -3.65. The van der Waals surface area contributed by atoms with E-state index in [-0.39, 0.29) is 5.82 Å². The highest BCUT2D eigenvalue weighted by Gasteiger charge is 2.33. The molecule has 186 valence electrons. The average molecular weight is 489 g/mol. The van der Waals surface area contributed by atoms with E-state index in [9.17, 15) is 14.3 Å². The third-order valence-electron chi connectivity index (χ3n) is 7.52. The number of carboxylic acid groups (broad SMARTS) is 1. The monoisotopic (exact) mass is 488 g/mol. The van der Waals surface area contributed by atoms with Crippen LogP contribution in [0.25, 0.3) is 22.2 Å². The van der Waals surface area contributed by atoms with Crippen molar-refractivity contribution in [2.45, 2.75) is 25.2 Å². The number of halogens is 1. The number of nitrogens with zero attached hydrogens (tertiary/aromatic N) is 4. The van der Waals surface area contributed by atoms with Gasteiger partial charge in [0, 0.05) is 74.1 Å². The van der Waals surface area contributed by atoms with Gasteiger partial charge in [-0.15, -0.1) is 0 Å². The highest BCUT2D eigenvalue weighted by molar-refractivity contribution is 6.04. The summed E-state index contributed by atoms with van der Waals surface area (Å²) in [6, 6.07) is 12.8. The first kappa shape index (κ1) is 22.8. The van der Waals surface area contributed by atoms with Gasteiger partial charge in [-0.05, 0) is 49.6 Å². The molecular weight excluding hydrogens is 459 g/mol. The van der Waals surface area contributed by atoms with Crippen LogP contribution in [0.15, 0.2) is 53.2 Å². The topological polar surface area (TPSA) is 74.7 Å². The second kappa shape index (κ2) is 9.09. The molecule has 0 unspecified atom stereocenters. The predicted octanol–water partition coefficient (Wildman–Crippen LogP) is 4.91. The summed E-state index contributed by atoms with van der Waals surface area (Å²) in [5.74, 6) is 0.175. The summed E-state index contributed by atoms with van der Waals surface area (Å²) >= 11 is 0. The third-order valence-corrected chi connectivity index (χ3v) is 7.52. The van der Waals surface area contributed by atoms with E-state index in [0.29, 0.717) is 22.7 Å². The van der Waals surface area contributed by atoms with Crippen molar-refractivity contribution in [3.05, 3.63) is 71.4 Å². The Morgan fingerprint density at radius 2 is 1.92 bits per heavy atom. The Labute approximate surface area is 208 Å². The summed E-state index contributed by atoms with van der Waals surface area (Å²) in [5.41, 5.74) is 4.57. The molecule has 2 aromatic carbocycles. The third kappa shape index (κ3) is 4.15. The van der Waals surface area contributed by atoms with Crippen molar-refractivity contribution in [2.75, 3.05) is 37.6 Å². The maximum Gasteiger partial charge on any atom is 0.337 e. The van der Waals surface area contributed by atoms with Crippen LogP contribution < -0.4 is 4.90 Å². The van der Waals surface area contributed by atoms with E-state index >= 15 is 0 Å². The van der Waals surface area contributed by atoms with E-state index in [1.807, 2.05) is 29.8 Å². The minimum Gasteiger partial charge on any atom is -0.478 e. The number of fused-ring (bicyclic) bond motifs is 1. The molecule has 1 aliphatic heterocycles. The number of aryl methyl sites for hydroxylation is 1. The standard InChI is InChI=1S/C28H29FN4O3/c1-31-17-23(28(34)35)20-9-8-19(16-25(20)31)33-14-12-32(13-15-33)11-10-22-26(21-4-2-3-5-24(21)29)30-36-27(22)18-6-7-18/h2-5,8-9,16-18H,6-7,10-15H2,1H3,(H,34,35). The number of anilines is 1. The molecule has 0 amide bonds. The lowest BCUT2D eigenvalue weighted by Crippen LogP contribution is -2.47. The molecule has 2 fully saturated rings. The normalized spacial score (nSPS) is 16.7. The van der Waals surface area contributed by atoms with Gasteiger partial charge in [0.1, 0.15) is 17.3 Å². The van der Waals surface area contributed by atoms with E-state index in [2.05, 4.69) is 21.0 Å². The van der Waals surface area contributed by atoms with E-state index in [1.54, 1.807) is 18.3 Å². The van der Waals surface area contributed by atoms with Gasteiger partial charge in [0.25, 0.3) is 0 Å². The van der Waals surface area contributed by atoms with Crippen molar-refractivity contribution in [3.63, 3.8) is 0 Å². The molecule has 1 saturated carbocycles. The molecule has 7 nitrogen and oxygen atoms in total. The fraction of sp³-hybridized carbons (Fsp3) is 0.357. The Morgan fingerprint density at radius 1 is 1.14 bits per heavy atom. The Bertz CT molecular complexity index is 1430. The lowest BCUT2D eigenvalue weighted by molar-refractivity contribution is 0.0699. The minimum atomic E-state index is -0.905. The van der Waals surface area contributed by atoms with Crippen LogP contribution in [0.1, 0.15) is 40.4 Å². The molecule has 2 aromatic heterocycles. The van der Waals surface area contributed by atoms with Gasteiger partial charge in [-0.1, -0.05) is 17.3 Å². The molecule has 0 spiro atoms. The van der Waals surface area contributed by atoms with Crippen molar-refractivity contribution < 1.29 is 18.8 Å². The summed E-state index contributed by atoms with van der Waals surface area (Å²) in [4.78, 5) is 16.3. The highest BCUT2D eigenvalue weighted by Crippen LogP contribution is 2.44. The highest BCUT2D eigenvalue weighted by atomic mass is 19.1. The van der Waals surface area contributed by atoms with Crippen LogP contribution in [0.3, 0.4) is 0 Å². The summed E-state index contributed by atoms with van der Waals surface area (Å²) in [7, 11) is 1.88. The first-order valence-corrected chi connectivity index (χ1v) is 12.5. The van der Waals surface area contributed by atoms with Crippen molar-refractivity contribution in [2.24, 2.45) is 7.05 Å². The van der Waals surface area contributed by atoms with Crippen molar-refractivity contribution in [1.82, 2.24) is 14.6 Å². The molecule has 0 bridgehead atoms. The lowest BCUT2D eigenvalue weighted by Gasteiger charge is -2.36. The van der Waals surface area contributed by atoms with Crippen LogP contribution >= 0.6 is 0 Å². The second-order valence-electron chi connectivity index (χ2n) is 9.87. The smallest absolute Gasteiger partial charge is 0.337 e. The van der Waals surface area contributed by atoms with Gasteiger partial charge in [-0.2, -0.15) is 0 Å². The summed E-state index contributed by atoms with van der Waals surface area (Å²) in [6.45, 7) is 4.49. The van der Waals surface area contributed by atoms with Crippen molar-refractivity contribution in [1.29, 1.82) is 0 Å². The van der Waals surface area contributed by atoms with E-state index in [4.69, 9.17) is 4.52 Å². The SMILES string of the molecule is Cn1cc(C(=O)O)c2ccc(N3CCN(CCc4c(-c5ccccc5F)noc4C4CC4)CC3)cc21. The lowest BCUT2D eigenvalue weighted by atomic mass is 10.0. The summed E-state index contributed by atoms with van der Waals surface area (Å²) < 4.78 is 22.1. The van der Waals surface area contributed by atoms with E-state index in [1.165, 1.54) is 6.07 Å². The van der Waals surface area contributed by atoms with Crippen LogP contribution in [0, 0.1) is 5.82 Å². The first-order valence-electron chi connectivity index (χ1n) is 12.5. The number of hydrogen-bond acceptors (Lipinski definition) is 5. The molecule has 2 aliphatic rings. The molecule has 8 heteroatoms. The number of hydrogen-bond donors (Lipinski definition) is 1. The van der Waals surface area contributed by atoms with Gasteiger partial charge in [-0.25, -0.2) is 9.18 Å². The van der Waals surface area contributed by atoms with Gasteiger partial charge in [0.05, 0.1) is 11.1 Å². The number of carboxylic acids is 1. The number of benzene rings is 2. The number of aromatic nitrogens is 2. The van der Waals surface area contributed by atoms with Gasteiger partial charge in [-0.3, -0.25) is 4.90 Å². The predicted molar refractivity (Wildman–Crippen MR) is 136 cm³/mol. The number of carbonyl (C=O) groups is 1. The fourth-order valence-corrected chi connectivity index (χ4v) is 5.33. The summed E-state index contributed by atoms with van der Waals surface area (Å²) in [6.07, 6.45) is 4.67. The van der Waals surface area contributed by atoms with Crippen LogP contribution in [0.5, 0.6) is 0 Å². The van der Waals surface area contributed by atoms with Gasteiger partial charge < -0.3 is 19.1 Å². The Morgan fingerprint density at radius 3 is 2.64 bits per heavy atom. The zero-order chi connectivity index (χ0) is 24.8. The molecule has 3 heterocycles.